The summed E-state index contributed by atoms with van der Waals surface area (Å²) in [6, 6.07) is 1.51. The summed E-state index contributed by atoms with van der Waals surface area (Å²) in [6.07, 6.45) is 1.32. The molecule has 6 heteroatoms. The minimum Gasteiger partial charge on any atom is -0.395 e. The van der Waals surface area contributed by atoms with Gasteiger partial charge in [0.15, 0.2) is 0 Å². The third kappa shape index (κ3) is 2.74. The van der Waals surface area contributed by atoms with Crippen molar-refractivity contribution in [2.75, 3.05) is 13.2 Å². The van der Waals surface area contributed by atoms with Crippen LogP contribution < -0.4 is 5.32 Å². The monoisotopic (exact) mass is 191 g/mol. The molecular formula is C7H11F2N3O. The molecule has 0 aromatic carbocycles. The van der Waals surface area contributed by atoms with Gasteiger partial charge >= 0.3 is 6.55 Å². The van der Waals surface area contributed by atoms with Gasteiger partial charge in [-0.2, -0.15) is 13.9 Å². The Hall–Kier alpha value is -1.01. The summed E-state index contributed by atoms with van der Waals surface area (Å²) in [5, 5.41) is 14.7. The van der Waals surface area contributed by atoms with E-state index in [1.54, 1.807) is 0 Å². The number of alkyl halides is 2. The average molecular weight is 191 g/mol. The number of nitrogens with one attached hydrogen (secondary N) is 1. The van der Waals surface area contributed by atoms with Gasteiger partial charge in [-0.25, -0.2) is 4.68 Å². The van der Waals surface area contributed by atoms with Crippen LogP contribution in [0.2, 0.25) is 0 Å². The number of nitrogens with zero attached hydrogens (tertiary/aromatic N) is 2. The summed E-state index contributed by atoms with van der Waals surface area (Å²) in [5.41, 5.74) is 0.406. The van der Waals surface area contributed by atoms with Crippen molar-refractivity contribution >= 4 is 0 Å². The molecule has 0 saturated carbocycles. The van der Waals surface area contributed by atoms with E-state index in [1.165, 1.54) is 12.3 Å². The van der Waals surface area contributed by atoms with E-state index in [9.17, 15) is 8.78 Å². The first-order valence-electron chi connectivity index (χ1n) is 3.88. The first kappa shape index (κ1) is 10.1. The molecule has 0 spiro atoms. The molecule has 1 rings (SSSR count). The number of aromatic nitrogens is 2. The van der Waals surface area contributed by atoms with Gasteiger partial charge in [-0.1, -0.05) is 0 Å². The molecule has 0 amide bonds. The number of aliphatic hydroxyl groups excluding tert-OH is 1. The van der Waals surface area contributed by atoms with Crippen LogP contribution in [0.3, 0.4) is 0 Å². The van der Waals surface area contributed by atoms with E-state index in [4.69, 9.17) is 5.11 Å². The van der Waals surface area contributed by atoms with Gasteiger partial charge in [-0.15, -0.1) is 0 Å². The van der Waals surface area contributed by atoms with Crippen molar-refractivity contribution in [2.45, 2.75) is 13.1 Å². The summed E-state index contributed by atoms with van der Waals surface area (Å²) < 4.78 is 25.0. The van der Waals surface area contributed by atoms with Gasteiger partial charge in [-0.05, 0) is 6.07 Å². The van der Waals surface area contributed by atoms with Crippen LogP contribution in [0.1, 0.15) is 12.2 Å². The molecule has 4 nitrogen and oxygen atoms in total. The van der Waals surface area contributed by atoms with E-state index in [2.05, 4.69) is 10.4 Å². The number of aliphatic hydroxyl groups is 1. The molecule has 0 aliphatic heterocycles. The quantitative estimate of drug-likeness (QED) is 0.661. The number of rotatable bonds is 5. The lowest BCUT2D eigenvalue weighted by molar-refractivity contribution is 0.0531. The van der Waals surface area contributed by atoms with Crippen LogP contribution in [-0.2, 0) is 6.54 Å². The Morgan fingerprint density at radius 2 is 2.38 bits per heavy atom. The third-order valence-electron chi connectivity index (χ3n) is 1.53. The van der Waals surface area contributed by atoms with Gasteiger partial charge in [0.2, 0.25) is 0 Å². The molecule has 0 fully saturated rings. The van der Waals surface area contributed by atoms with Crippen LogP contribution in [0.4, 0.5) is 8.78 Å². The molecular weight excluding hydrogens is 180 g/mol. The molecule has 1 aromatic rings. The number of hydrogen-bond acceptors (Lipinski definition) is 3. The predicted molar refractivity (Wildman–Crippen MR) is 42.3 cm³/mol. The highest BCUT2D eigenvalue weighted by molar-refractivity contribution is 5.00. The zero-order valence-corrected chi connectivity index (χ0v) is 6.95. The molecule has 1 heterocycles. The highest BCUT2D eigenvalue weighted by atomic mass is 19.3. The Bertz CT molecular complexity index is 252. The van der Waals surface area contributed by atoms with Crippen molar-refractivity contribution in [1.82, 2.24) is 15.1 Å². The first-order chi connectivity index (χ1) is 6.25. The summed E-state index contributed by atoms with van der Waals surface area (Å²) in [7, 11) is 0. The van der Waals surface area contributed by atoms with Crippen molar-refractivity contribution in [2.24, 2.45) is 0 Å². The van der Waals surface area contributed by atoms with Crippen LogP contribution in [-0.4, -0.2) is 28.0 Å². The average Bonchev–Trinajstić information content (AvgIpc) is 2.53. The van der Waals surface area contributed by atoms with Crippen molar-refractivity contribution < 1.29 is 13.9 Å². The number of hydrogen-bond donors (Lipinski definition) is 2. The van der Waals surface area contributed by atoms with Gasteiger partial charge in [0.25, 0.3) is 0 Å². The Morgan fingerprint density at radius 1 is 1.62 bits per heavy atom. The SMILES string of the molecule is OCCNCc1ccnn1C(F)F. The molecule has 0 saturated heterocycles. The molecule has 0 aliphatic rings. The highest BCUT2D eigenvalue weighted by Crippen LogP contribution is 2.11. The summed E-state index contributed by atoms with van der Waals surface area (Å²) in [4.78, 5) is 0. The Morgan fingerprint density at radius 3 is 3.00 bits per heavy atom. The topological polar surface area (TPSA) is 50.1 Å². The summed E-state index contributed by atoms with van der Waals surface area (Å²) in [5.74, 6) is 0. The molecule has 13 heavy (non-hydrogen) atoms. The zero-order chi connectivity index (χ0) is 9.68. The second kappa shape index (κ2) is 4.88. The van der Waals surface area contributed by atoms with E-state index in [1.807, 2.05) is 0 Å². The minimum absolute atomic E-state index is 0.0111. The van der Waals surface area contributed by atoms with E-state index in [0.29, 0.717) is 16.9 Å². The van der Waals surface area contributed by atoms with Crippen LogP contribution >= 0.6 is 0 Å². The van der Waals surface area contributed by atoms with E-state index in [-0.39, 0.29) is 13.2 Å². The fourth-order valence-corrected chi connectivity index (χ4v) is 0.953. The second-order valence-electron chi connectivity index (χ2n) is 2.45. The van der Waals surface area contributed by atoms with Crippen molar-refractivity contribution in [3.63, 3.8) is 0 Å². The smallest absolute Gasteiger partial charge is 0.333 e. The molecule has 2 N–H and O–H groups in total. The molecule has 0 aliphatic carbocycles. The molecule has 74 valence electrons. The lowest BCUT2D eigenvalue weighted by Gasteiger charge is -2.06. The summed E-state index contributed by atoms with van der Waals surface area (Å²) in [6.45, 7) is -1.96. The fourth-order valence-electron chi connectivity index (χ4n) is 0.953. The van der Waals surface area contributed by atoms with E-state index >= 15 is 0 Å². The van der Waals surface area contributed by atoms with E-state index in [0.717, 1.165) is 0 Å². The standard InChI is InChI=1S/C7H11F2N3O/c8-7(9)12-6(1-2-11-12)5-10-3-4-13/h1-2,7,10,13H,3-5H2. The lowest BCUT2D eigenvalue weighted by atomic mass is 10.4. The summed E-state index contributed by atoms with van der Waals surface area (Å²) >= 11 is 0. The third-order valence-corrected chi connectivity index (χ3v) is 1.53. The molecule has 0 radical (unpaired) electrons. The van der Waals surface area contributed by atoms with Crippen LogP contribution in [0.15, 0.2) is 12.3 Å². The Kier molecular flexibility index (Phi) is 3.78. The van der Waals surface area contributed by atoms with Gasteiger partial charge in [0.1, 0.15) is 0 Å². The van der Waals surface area contributed by atoms with Gasteiger partial charge in [0.05, 0.1) is 12.3 Å². The van der Waals surface area contributed by atoms with Crippen LogP contribution in [0.25, 0.3) is 0 Å². The van der Waals surface area contributed by atoms with Crippen molar-refractivity contribution in [1.29, 1.82) is 0 Å². The number of halogens is 2. The fraction of sp³-hybridized carbons (Fsp3) is 0.571. The van der Waals surface area contributed by atoms with E-state index < -0.39 is 6.55 Å². The van der Waals surface area contributed by atoms with Crippen molar-refractivity contribution in [3.8, 4) is 0 Å². The predicted octanol–water partition coefficient (Wildman–Crippen LogP) is 0.360. The Labute approximate surface area is 74.2 Å². The van der Waals surface area contributed by atoms with Crippen molar-refractivity contribution in [3.05, 3.63) is 18.0 Å². The first-order valence-corrected chi connectivity index (χ1v) is 3.88. The minimum atomic E-state index is -2.61. The Balaban J connectivity index is 2.50. The molecule has 0 unspecified atom stereocenters. The second-order valence-corrected chi connectivity index (χ2v) is 2.45. The molecule has 0 bridgehead atoms. The van der Waals surface area contributed by atoms with Gasteiger partial charge < -0.3 is 10.4 Å². The van der Waals surface area contributed by atoms with Crippen LogP contribution in [0, 0.1) is 0 Å². The van der Waals surface area contributed by atoms with Crippen LogP contribution in [0.5, 0.6) is 0 Å². The maximum atomic E-state index is 12.2. The maximum Gasteiger partial charge on any atom is 0.333 e. The zero-order valence-electron chi connectivity index (χ0n) is 6.95. The lowest BCUT2D eigenvalue weighted by Crippen LogP contribution is -2.20. The maximum absolute atomic E-state index is 12.2. The van der Waals surface area contributed by atoms with Gasteiger partial charge in [-0.3, -0.25) is 0 Å². The molecule has 1 aromatic heterocycles. The highest BCUT2D eigenvalue weighted by Gasteiger charge is 2.10. The normalized spacial score (nSPS) is 11.1. The molecule has 0 atom stereocenters. The van der Waals surface area contributed by atoms with Gasteiger partial charge in [0, 0.05) is 19.3 Å². The largest absolute Gasteiger partial charge is 0.395 e.